The normalized spacial score (nSPS) is 15.2. The molecule has 0 saturated heterocycles. The summed E-state index contributed by atoms with van der Waals surface area (Å²) < 4.78 is 0. The van der Waals surface area contributed by atoms with Gasteiger partial charge < -0.3 is 16.4 Å². The number of hydrogen-bond donors (Lipinski definition) is 3. The molecule has 0 aliphatic rings. The van der Waals surface area contributed by atoms with Crippen LogP contribution in [0.5, 0.6) is 0 Å². The topological polar surface area (TPSA) is 67.1 Å². The smallest absolute Gasteiger partial charge is 0.238 e. The summed E-state index contributed by atoms with van der Waals surface area (Å²) in [6, 6.07) is 0.0479. The van der Waals surface area contributed by atoms with E-state index in [1.54, 1.807) is 6.92 Å². The van der Waals surface area contributed by atoms with Crippen LogP contribution >= 0.6 is 0 Å². The Hall–Kier alpha value is -0.870. The Balaban J connectivity index is 3.89. The Morgan fingerprint density at radius 3 is 2.38 bits per heavy atom. The molecule has 0 rings (SSSR count). The lowest BCUT2D eigenvalue weighted by Crippen LogP contribution is -2.50. The van der Waals surface area contributed by atoms with Crippen LogP contribution in [0.4, 0.5) is 0 Å². The van der Waals surface area contributed by atoms with Crippen LogP contribution in [-0.4, -0.2) is 24.2 Å². The number of nitrogens with two attached hydrogens (primary N) is 1. The van der Waals surface area contributed by atoms with Crippen molar-refractivity contribution in [2.75, 3.05) is 0 Å². The predicted molar refractivity (Wildman–Crippen MR) is 54.0 cm³/mol. The summed E-state index contributed by atoms with van der Waals surface area (Å²) in [5, 5.41) is 5.66. The van der Waals surface area contributed by atoms with E-state index in [1.165, 1.54) is 6.08 Å². The minimum atomic E-state index is -0.469. The lowest BCUT2D eigenvalue weighted by Gasteiger charge is -2.18. The SMILES string of the molecule is C=CC(N)NC(=O)[C@H](C)NC(C)C. The van der Waals surface area contributed by atoms with Gasteiger partial charge in [0.25, 0.3) is 0 Å². The second-order valence-corrected chi connectivity index (χ2v) is 3.31. The fourth-order valence-corrected chi connectivity index (χ4v) is 0.924. The van der Waals surface area contributed by atoms with Crippen LogP contribution < -0.4 is 16.4 Å². The average Bonchev–Trinajstić information content (AvgIpc) is 2.02. The van der Waals surface area contributed by atoms with Gasteiger partial charge in [-0.3, -0.25) is 4.79 Å². The van der Waals surface area contributed by atoms with Crippen molar-refractivity contribution in [3.63, 3.8) is 0 Å². The number of carbonyl (C=O) groups excluding carboxylic acids is 1. The summed E-state index contributed by atoms with van der Waals surface area (Å²) in [5.41, 5.74) is 5.46. The predicted octanol–water partition coefficient (Wildman–Crippen LogP) is -0.0401. The van der Waals surface area contributed by atoms with Gasteiger partial charge in [0.1, 0.15) is 0 Å². The molecule has 4 nitrogen and oxygen atoms in total. The van der Waals surface area contributed by atoms with Gasteiger partial charge in [0.15, 0.2) is 0 Å². The molecule has 0 aliphatic carbocycles. The standard InChI is InChI=1S/C9H19N3O/c1-5-8(10)12-9(13)7(4)11-6(2)3/h5-8,11H,1,10H2,2-4H3,(H,12,13)/t7-,8?/m0/s1. The van der Waals surface area contributed by atoms with Crippen LogP contribution in [0.3, 0.4) is 0 Å². The molecule has 0 heterocycles. The maximum absolute atomic E-state index is 11.3. The first-order chi connectivity index (χ1) is 5.97. The highest BCUT2D eigenvalue weighted by molar-refractivity contribution is 5.81. The fourth-order valence-electron chi connectivity index (χ4n) is 0.924. The van der Waals surface area contributed by atoms with E-state index in [0.717, 1.165) is 0 Å². The zero-order chi connectivity index (χ0) is 10.4. The van der Waals surface area contributed by atoms with Crippen molar-refractivity contribution in [1.82, 2.24) is 10.6 Å². The van der Waals surface area contributed by atoms with Gasteiger partial charge in [0.05, 0.1) is 12.2 Å². The molecule has 0 bridgehead atoms. The summed E-state index contributed by atoms with van der Waals surface area (Å²) in [5.74, 6) is -0.110. The van der Waals surface area contributed by atoms with Crippen molar-refractivity contribution < 1.29 is 4.79 Å². The first-order valence-electron chi connectivity index (χ1n) is 4.42. The number of amides is 1. The third kappa shape index (κ3) is 5.38. The summed E-state index contributed by atoms with van der Waals surface area (Å²) >= 11 is 0. The minimum Gasteiger partial charge on any atom is -0.336 e. The molecule has 1 amide bonds. The molecule has 0 saturated carbocycles. The zero-order valence-corrected chi connectivity index (χ0v) is 8.50. The molecule has 0 fully saturated rings. The Morgan fingerprint density at radius 1 is 1.46 bits per heavy atom. The molecule has 13 heavy (non-hydrogen) atoms. The van der Waals surface area contributed by atoms with E-state index in [-0.39, 0.29) is 18.0 Å². The quantitative estimate of drug-likeness (QED) is 0.416. The zero-order valence-electron chi connectivity index (χ0n) is 8.50. The molecule has 4 N–H and O–H groups in total. The first kappa shape index (κ1) is 12.1. The van der Waals surface area contributed by atoms with E-state index in [4.69, 9.17) is 5.73 Å². The van der Waals surface area contributed by atoms with Crippen LogP contribution in [0.2, 0.25) is 0 Å². The molecule has 0 spiro atoms. The van der Waals surface area contributed by atoms with Gasteiger partial charge in [-0.1, -0.05) is 26.5 Å². The van der Waals surface area contributed by atoms with Crippen LogP contribution in [0.25, 0.3) is 0 Å². The second-order valence-electron chi connectivity index (χ2n) is 3.31. The average molecular weight is 185 g/mol. The maximum Gasteiger partial charge on any atom is 0.238 e. The highest BCUT2D eigenvalue weighted by atomic mass is 16.2. The lowest BCUT2D eigenvalue weighted by molar-refractivity contribution is -0.123. The largest absolute Gasteiger partial charge is 0.336 e. The molecular formula is C9H19N3O. The lowest BCUT2D eigenvalue weighted by atomic mass is 10.2. The van der Waals surface area contributed by atoms with Gasteiger partial charge in [0.2, 0.25) is 5.91 Å². The van der Waals surface area contributed by atoms with Crippen molar-refractivity contribution in [1.29, 1.82) is 0 Å². The Kier molecular flexibility index (Phi) is 5.34. The summed E-state index contributed by atoms with van der Waals surface area (Å²) in [4.78, 5) is 11.3. The van der Waals surface area contributed by atoms with Crippen LogP contribution in [0.1, 0.15) is 20.8 Å². The molecule has 76 valence electrons. The molecule has 2 atom stereocenters. The molecule has 0 radical (unpaired) electrons. The molecule has 0 aliphatic heterocycles. The van der Waals surface area contributed by atoms with Gasteiger partial charge in [0, 0.05) is 6.04 Å². The monoisotopic (exact) mass is 185 g/mol. The van der Waals surface area contributed by atoms with E-state index in [0.29, 0.717) is 0 Å². The van der Waals surface area contributed by atoms with Crippen molar-refractivity contribution in [3.8, 4) is 0 Å². The van der Waals surface area contributed by atoms with Crippen molar-refractivity contribution in [2.45, 2.75) is 39.0 Å². The van der Waals surface area contributed by atoms with Crippen LogP contribution in [0.15, 0.2) is 12.7 Å². The third-order valence-corrected chi connectivity index (χ3v) is 1.54. The highest BCUT2D eigenvalue weighted by Gasteiger charge is 2.13. The Bertz CT molecular complexity index is 180. The Labute approximate surface area is 79.6 Å². The van der Waals surface area contributed by atoms with E-state index < -0.39 is 6.17 Å². The number of carbonyl (C=O) groups is 1. The molecule has 1 unspecified atom stereocenters. The summed E-state index contributed by atoms with van der Waals surface area (Å²) in [6.07, 6.45) is 1.02. The molecular weight excluding hydrogens is 166 g/mol. The fraction of sp³-hybridized carbons (Fsp3) is 0.667. The van der Waals surface area contributed by atoms with Gasteiger partial charge in [-0.2, -0.15) is 0 Å². The van der Waals surface area contributed by atoms with Gasteiger partial charge >= 0.3 is 0 Å². The summed E-state index contributed by atoms with van der Waals surface area (Å²) in [7, 11) is 0. The van der Waals surface area contributed by atoms with Gasteiger partial charge in [-0.05, 0) is 6.92 Å². The van der Waals surface area contributed by atoms with E-state index in [2.05, 4.69) is 17.2 Å². The first-order valence-corrected chi connectivity index (χ1v) is 4.42. The maximum atomic E-state index is 11.3. The second kappa shape index (κ2) is 5.72. The molecule has 0 aromatic heterocycles. The van der Waals surface area contributed by atoms with Gasteiger partial charge in [-0.15, -0.1) is 0 Å². The summed E-state index contributed by atoms with van der Waals surface area (Å²) in [6.45, 7) is 9.24. The van der Waals surface area contributed by atoms with Crippen molar-refractivity contribution in [3.05, 3.63) is 12.7 Å². The minimum absolute atomic E-state index is 0.110. The number of nitrogens with one attached hydrogen (secondary N) is 2. The van der Waals surface area contributed by atoms with Crippen molar-refractivity contribution in [2.24, 2.45) is 5.73 Å². The van der Waals surface area contributed by atoms with E-state index >= 15 is 0 Å². The van der Waals surface area contributed by atoms with Crippen LogP contribution in [0, 0.1) is 0 Å². The number of hydrogen-bond acceptors (Lipinski definition) is 3. The third-order valence-electron chi connectivity index (χ3n) is 1.54. The molecule has 0 aromatic carbocycles. The molecule has 4 heteroatoms. The molecule has 0 aromatic rings. The van der Waals surface area contributed by atoms with E-state index in [9.17, 15) is 4.79 Å². The van der Waals surface area contributed by atoms with E-state index in [1.807, 2.05) is 13.8 Å². The number of rotatable bonds is 5. The van der Waals surface area contributed by atoms with Crippen molar-refractivity contribution >= 4 is 5.91 Å². The highest BCUT2D eigenvalue weighted by Crippen LogP contribution is 1.87. The Morgan fingerprint density at radius 2 is 2.00 bits per heavy atom. The van der Waals surface area contributed by atoms with Crippen LogP contribution in [-0.2, 0) is 4.79 Å². The van der Waals surface area contributed by atoms with Gasteiger partial charge in [-0.25, -0.2) is 0 Å².